The number of alkyl carbamates (subject to hydrolysis) is 1. The van der Waals surface area contributed by atoms with Crippen LogP contribution >= 0.6 is 0 Å². The summed E-state index contributed by atoms with van der Waals surface area (Å²) in [5.74, 6) is -0.576. The predicted octanol–water partition coefficient (Wildman–Crippen LogP) is -0.555. The lowest BCUT2D eigenvalue weighted by Gasteiger charge is -2.19. The molecule has 0 aromatic carbocycles. The number of pyridine rings is 1. The Morgan fingerprint density at radius 3 is 2.92 bits per heavy atom. The molecule has 1 aliphatic carbocycles. The van der Waals surface area contributed by atoms with Crippen molar-refractivity contribution in [1.82, 2.24) is 31.1 Å². The third-order valence-corrected chi connectivity index (χ3v) is 4.38. The molecular weight excluding hydrogens is 328 g/mol. The normalized spacial score (nSPS) is 20.6. The van der Waals surface area contributed by atoms with E-state index in [4.69, 9.17) is 0 Å². The number of hydrogen-bond acceptors (Lipinski definition) is 6. The first kappa shape index (κ1) is 15.4. The van der Waals surface area contributed by atoms with Crippen LogP contribution in [0.4, 0.5) is 4.79 Å². The van der Waals surface area contributed by atoms with Crippen LogP contribution in [0.25, 0.3) is 11.0 Å². The van der Waals surface area contributed by atoms with Gasteiger partial charge in [0.05, 0.1) is 17.3 Å². The van der Waals surface area contributed by atoms with E-state index in [1.165, 1.54) is 6.20 Å². The number of nitrogens with one attached hydrogen (secondary N) is 4. The van der Waals surface area contributed by atoms with Crippen molar-refractivity contribution in [1.29, 1.82) is 0 Å². The Balaban J connectivity index is 1.35. The van der Waals surface area contributed by atoms with Crippen molar-refractivity contribution in [3.63, 3.8) is 0 Å². The first-order valence-corrected chi connectivity index (χ1v) is 7.87. The number of nitrogens with zero attached hydrogens (tertiary/aromatic N) is 2. The highest BCUT2D eigenvalue weighted by Crippen LogP contribution is 2.35. The molecule has 10 nitrogen and oxygen atoms in total. The lowest BCUT2D eigenvalue weighted by molar-refractivity contribution is -0.122. The van der Waals surface area contributed by atoms with Crippen molar-refractivity contribution in [3.8, 4) is 0 Å². The summed E-state index contributed by atoms with van der Waals surface area (Å²) in [6.45, 7) is 0.311. The summed E-state index contributed by atoms with van der Waals surface area (Å²) in [5.41, 5.74) is 0.593. The Labute approximate surface area is 141 Å². The van der Waals surface area contributed by atoms with E-state index in [9.17, 15) is 14.4 Å². The number of aromatic amines is 1. The maximum Gasteiger partial charge on any atom is 0.407 e. The topological polar surface area (TPSA) is 138 Å². The largest absolute Gasteiger partial charge is 0.447 e. The Kier molecular flexibility index (Phi) is 3.52. The van der Waals surface area contributed by atoms with Crippen molar-refractivity contribution >= 4 is 28.9 Å². The van der Waals surface area contributed by atoms with Gasteiger partial charge in [-0.05, 0) is 18.9 Å². The molecule has 2 fully saturated rings. The molecule has 1 aliphatic heterocycles. The third-order valence-electron chi connectivity index (χ3n) is 4.38. The molecule has 0 bridgehead atoms. The monoisotopic (exact) mass is 344 g/mol. The van der Waals surface area contributed by atoms with E-state index in [-0.39, 0.29) is 18.4 Å². The van der Waals surface area contributed by atoms with E-state index in [1.54, 1.807) is 12.3 Å². The summed E-state index contributed by atoms with van der Waals surface area (Å²) in [7, 11) is 0. The van der Waals surface area contributed by atoms with Gasteiger partial charge in [-0.25, -0.2) is 9.78 Å². The smallest absolute Gasteiger partial charge is 0.407 e. The molecule has 1 saturated carbocycles. The van der Waals surface area contributed by atoms with Crippen molar-refractivity contribution in [2.75, 3.05) is 13.2 Å². The number of fused-ring (bicyclic) bond motifs is 1. The molecule has 3 heterocycles. The molecule has 130 valence electrons. The summed E-state index contributed by atoms with van der Waals surface area (Å²) >= 11 is 0. The number of carbonyl (C=O) groups is 3. The van der Waals surface area contributed by atoms with Gasteiger partial charge in [0.2, 0.25) is 5.91 Å². The molecule has 10 heteroatoms. The molecule has 1 saturated heterocycles. The van der Waals surface area contributed by atoms with Gasteiger partial charge in [0.1, 0.15) is 12.6 Å². The number of rotatable bonds is 5. The number of hydrogen-bond donors (Lipinski definition) is 4. The van der Waals surface area contributed by atoms with Crippen LogP contribution < -0.4 is 16.0 Å². The molecule has 1 atom stereocenters. The van der Waals surface area contributed by atoms with Crippen LogP contribution in [0.3, 0.4) is 0 Å². The Morgan fingerprint density at radius 2 is 2.20 bits per heavy atom. The number of ether oxygens (including phenoxy) is 1. The highest BCUT2D eigenvalue weighted by molar-refractivity contribution is 5.97. The first-order valence-electron chi connectivity index (χ1n) is 7.87. The molecule has 1 unspecified atom stereocenters. The minimum Gasteiger partial charge on any atom is -0.447 e. The van der Waals surface area contributed by atoms with Gasteiger partial charge < -0.3 is 20.7 Å². The van der Waals surface area contributed by atoms with Crippen LogP contribution in [0.2, 0.25) is 0 Å². The van der Waals surface area contributed by atoms with Crippen molar-refractivity contribution in [2.24, 2.45) is 0 Å². The average Bonchev–Trinajstić information content (AvgIpc) is 3.00. The minimum atomic E-state index is -0.688. The minimum absolute atomic E-state index is 0.0143. The van der Waals surface area contributed by atoms with Crippen LogP contribution in [0.15, 0.2) is 18.5 Å². The zero-order valence-corrected chi connectivity index (χ0v) is 13.2. The van der Waals surface area contributed by atoms with Gasteiger partial charge in [-0.1, -0.05) is 0 Å². The van der Waals surface area contributed by atoms with Crippen LogP contribution in [-0.2, 0) is 9.53 Å². The van der Waals surface area contributed by atoms with Gasteiger partial charge in [-0.15, -0.1) is 0 Å². The zero-order chi connectivity index (χ0) is 17.4. The maximum atomic E-state index is 12.4. The molecule has 4 rings (SSSR count). The Bertz CT molecular complexity index is 859. The van der Waals surface area contributed by atoms with Gasteiger partial charge >= 0.3 is 6.09 Å². The van der Waals surface area contributed by atoms with E-state index in [0.29, 0.717) is 17.8 Å². The van der Waals surface area contributed by atoms with Crippen LogP contribution in [0, 0.1) is 0 Å². The van der Waals surface area contributed by atoms with E-state index >= 15 is 0 Å². The van der Waals surface area contributed by atoms with Crippen LogP contribution in [0.5, 0.6) is 0 Å². The number of aromatic nitrogens is 3. The number of carbonyl (C=O) groups excluding carboxylic acids is 3. The summed E-state index contributed by atoms with van der Waals surface area (Å²) < 4.78 is 4.69. The molecule has 0 spiro atoms. The average molecular weight is 344 g/mol. The van der Waals surface area contributed by atoms with Crippen molar-refractivity contribution < 1.29 is 19.1 Å². The number of cyclic esters (lactones) is 1. The first-order chi connectivity index (χ1) is 12.0. The molecule has 4 N–H and O–H groups in total. The van der Waals surface area contributed by atoms with E-state index in [0.717, 1.165) is 18.2 Å². The molecule has 25 heavy (non-hydrogen) atoms. The number of H-pyrrole nitrogens is 1. The van der Waals surface area contributed by atoms with E-state index in [2.05, 4.69) is 35.9 Å². The lowest BCUT2D eigenvalue weighted by Crippen LogP contribution is -2.50. The fourth-order valence-corrected chi connectivity index (χ4v) is 2.68. The summed E-state index contributed by atoms with van der Waals surface area (Å²) in [4.78, 5) is 39.5. The van der Waals surface area contributed by atoms with Gasteiger partial charge in [0.15, 0.2) is 5.65 Å². The molecule has 3 amide bonds. The van der Waals surface area contributed by atoms with E-state index in [1.807, 2.05) is 0 Å². The molecule has 2 aromatic heterocycles. The summed E-state index contributed by atoms with van der Waals surface area (Å²) in [5, 5.41) is 15.5. The second-order valence-corrected chi connectivity index (χ2v) is 6.28. The fourth-order valence-electron chi connectivity index (χ4n) is 2.68. The van der Waals surface area contributed by atoms with Crippen LogP contribution in [-0.4, -0.2) is 57.8 Å². The summed E-state index contributed by atoms with van der Waals surface area (Å²) in [6, 6.07) is 1.02. The van der Waals surface area contributed by atoms with Crippen molar-refractivity contribution in [3.05, 3.63) is 24.0 Å². The third kappa shape index (κ3) is 3.10. The fraction of sp³-hybridized carbons (Fsp3) is 0.400. The zero-order valence-electron chi connectivity index (χ0n) is 13.2. The van der Waals surface area contributed by atoms with Gasteiger partial charge in [-0.3, -0.25) is 14.7 Å². The highest BCUT2D eigenvalue weighted by Gasteiger charge is 2.45. The van der Waals surface area contributed by atoms with Gasteiger partial charge in [-0.2, -0.15) is 5.10 Å². The standard InChI is InChI=1S/C15H16N6O4/c22-12(9-3-8-5-18-21-11(8)16-4-9)20-15(1-2-15)7-17-13(23)10-6-25-14(24)19-10/h3-5,10H,1-2,6-7H2,(H,17,23)(H,19,24)(H,20,22)(H,16,18,21). The Hall–Kier alpha value is -3.17. The second kappa shape index (κ2) is 5.72. The molecular formula is C15H16N6O4. The second-order valence-electron chi connectivity index (χ2n) is 6.28. The predicted molar refractivity (Wildman–Crippen MR) is 84.6 cm³/mol. The van der Waals surface area contributed by atoms with Gasteiger partial charge in [0.25, 0.3) is 5.91 Å². The summed E-state index contributed by atoms with van der Waals surface area (Å²) in [6.07, 6.45) is 4.03. The highest BCUT2D eigenvalue weighted by atomic mass is 16.6. The SMILES string of the molecule is O=C1NC(C(=O)NCC2(NC(=O)c3cnc4[nH]ncc4c3)CC2)CO1. The molecule has 2 aromatic rings. The molecule has 0 radical (unpaired) electrons. The lowest BCUT2D eigenvalue weighted by atomic mass is 10.2. The van der Waals surface area contributed by atoms with E-state index < -0.39 is 17.7 Å². The Morgan fingerprint density at radius 1 is 1.36 bits per heavy atom. The number of amides is 3. The maximum absolute atomic E-state index is 12.4. The molecule has 2 aliphatic rings. The quantitative estimate of drug-likeness (QED) is 0.574. The van der Waals surface area contributed by atoms with Gasteiger partial charge in [0, 0.05) is 18.1 Å². The van der Waals surface area contributed by atoms with Crippen LogP contribution in [0.1, 0.15) is 23.2 Å². The van der Waals surface area contributed by atoms with Crippen molar-refractivity contribution in [2.45, 2.75) is 24.4 Å².